The Labute approximate surface area is 181 Å². The fraction of sp³-hybridized carbons (Fsp3) is 0.154. The lowest BCUT2D eigenvalue weighted by atomic mass is 9.99. The molecule has 4 heteroatoms. The predicted molar refractivity (Wildman–Crippen MR) is 125 cm³/mol. The molecule has 0 aliphatic carbocycles. The Morgan fingerprint density at radius 2 is 1.60 bits per heavy atom. The number of hydrogen-bond donors (Lipinski definition) is 1. The summed E-state index contributed by atoms with van der Waals surface area (Å²) in [7, 11) is 0. The molecule has 150 valence electrons. The number of amides is 1. The van der Waals surface area contributed by atoms with E-state index in [1.54, 1.807) is 0 Å². The van der Waals surface area contributed by atoms with Crippen LogP contribution in [0.25, 0.3) is 11.3 Å². The molecule has 0 fully saturated rings. The molecule has 0 aliphatic heterocycles. The van der Waals surface area contributed by atoms with Gasteiger partial charge in [-0.25, -0.2) is 4.98 Å². The number of anilines is 1. The minimum atomic E-state index is -0.110. The summed E-state index contributed by atoms with van der Waals surface area (Å²) in [5.41, 5.74) is 6.27. The van der Waals surface area contributed by atoms with Crippen LogP contribution in [0.15, 0.2) is 84.2 Å². The van der Waals surface area contributed by atoms with E-state index in [0.717, 1.165) is 36.1 Å². The van der Waals surface area contributed by atoms with Gasteiger partial charge in [-0.2, -0.15) is 0 Å². The number of nitrogens with zero attached hydrogens (tertiary/aromatic N) is 1. The molecule has 3 aromatic carbocycles. The molecular formula is C26H24N2OS. The molecule has 30 heavy (non-hydrogen) atoms. The fourth-order valence-electron chi connectivity index (χ4n) is 3.42. The first-order chi connectivity index (χ1) is 14.7. The first-order valence-electron chi connectivity index (χ1n) is 10.2. The van der Waals surface area contributed by atoms with E-state index in [0.29, 0.717) is 10.7 Å². The van der Waals surface area contributed by atoms with Gasteiger partial charge in [0.25, 0.3) is 5.91 Å². The van der Waals surface area contributed by atoms with Gasteiger partial charge in [-0.3, -0.25) is 10.1 Å². The molecule has 3 nitrogen and oxygen atoms in total. The number of thiazole rings is 1. The van der Waals surface area contributed by atoms with E-state index >= 15 is 0 Å². The van der Waals surface area contributed by atoms with E-state index in [4.69, 9.17) is 0 Å². The molecule has 0 aliphatic rings. The van der Waals surface area contributed by atoms with Crippen LogP contribution in [-0.4, -0.2) is 10.9 Å². The number of aromatic nitrogens is 1. The van der Waals surface area contributed by atoms with Gasteiger partial charge >= 0.3 is 0 Å². The van der Waals surface area contributed by atoms with E-state index in [-0.39, 0.29) is 5.91 Å². The highest BCUT2D eigenvalue weighted by Crippen LogP contribution is 2.26. The number of carbonyl (C=O) groups is 1. The van der Waals surface area contributed by atoms with E-state index < -0.39 is 0 Å². The maximum Gasteiger partial charge on any atom is 0.257 e. The zero-order valence-corrected chi connectivity index (χ0v) is 17.8. The van der Waals surface area contributed by atoms with Crippen LogP contribution in [0.3, 0.4) is 0 Å². The van der Waals surface area contributed by atoms with Crippen molar-refractivity contribution in [1.29, 1.82) is 0 Å². The van der Waals surface area contributed by atoms with Crippen LogP contribution >= 0.6 is 11.3 Å². The van der Waals surface area contributed by atoms with Gasteiger partial charge in [-0.15, -0.1) is 11.3 Å². The number of hydrogen-bond acceptors (Lipinski definition) is 3. The van der Waals surface area contributed by atoms with E-state index in [2.05, 4.69) is 53.6 Å². The number of aryl methyl sites for hydroxylation is 3. The summed E-state index contributed by atoms with van der Waals surface area (Å²) >= 11 is 1.45. The third kappa shape index (κ3) is 4.84. The zero-order chi connectivity index (χ0) is 20.8. The molecule has 0 unspecified atom stereocenters. The minimum Gasteiger partial charge on any atom is -0.298 e. The van der Waals surface area contributed by atoms with Crippen molar-refractivity contribution in [3.63, 3.8) is 0 Å². The minimum absolute atomic E-state index is 0.110. The molecule has 0 spiro atoms. The summed E-state index contributed by atoms with van der Waals surface area (Å²) in [6.07, 6.45) is 2.74. The summed E-state index contributed by atoms with van der Waals surface area (Å²) < 4.78 is 0. The van der Waals surface area contributed by atoms with E-state index in [1.165, 1.54) is 22.5 Å². The molecule has 1 N–H and O–H groups in total. The lowest BCUT2D eigenvalue weighted by Gasteiger charge is -2.09. The molecule has 0 saturated carbocycles. The third-order valence-corrected chi connectivity index (χ3v) is 5.93. The normalized spacial score (nSPS) is 10.7. The van der Waals surface area contributed by atoms with E-state index in [9.17, 15) is 4.79 Å². The van der Waals surface area contributed by atoms with Crippen molar-refractivity contribution < 1.29 is 4.79 Å². The molecule has 1 amide bonds. The predicted octanol–water partition coefficient (Wildman–Crippen LogP) is 6.41. The summed E-state index contributed by atoms with van der Waals surface area (Å²) in [4.78, 5) is 17.5. The lowest BCUT2D eigenvalue weighted by molar-refractivity contribution is 0.102. The third-order valence-electron chi connectivity index (χ3n) is 5.17. The number of benzene rings is 3. The smallest absolute Gasteiger partial charge is 0.257 e. The molecule has 0 saturated heterocycles. The Morgan fingerprint density at radius 3 is 2.37 bits per heavy atom. The SMILES string of the molecule is CCc1ccc(-c2csc(NC(=O)c3ccccc3CCc3ccccc3)n2)cc1. The fourth-order valence-corrected chi connectivity index (χ4v) is 4.14. The van der Waals surface area contributed by atoms with Crippen molar-refractivity contribution in [2.45, 2.75) is 26.2 Å². The van der Waals surface area contributed by atoms with Crippen LogP contribution < -0.4 is 5.32 Å². The quantitative estimate of drug-likeness (QED) is 0.381. The molecular weight excluding hydrogens is 388 g/mol. The van der Waals surface area contributed by atoms with Crippen LogP contribution in [-0.2, 0) is 19.3 Å². The van der Waals surface area contributed by atoms with Crippen LogP contribution in [0.2, 0.25) is 0 Å². The second-order valence-corrected chi connectivity index (χ2v) is 8.04. The molecule has 0 radical (unpaired) electrons. The van der Waals surface area contributed by atoms with Crippen LogP contribution in [0, 0.1) is 0 Å². The summed E-state index contributed by atoms with van der Waals surface area (Å²) in [6, 6.07) is 26.6. The van der Waals surface area contributed by atoms with Crippen molar-refractivity contribution in [3.8, 4) is 11.3 Å². The van der Waals surface area contributed by atoms with Gasteiger partial charge in [0.1, 0.15) is 0 Å². The van der Waals surface area contributed by atoms with Gasteiger partial charge in [0.05, 0.1) is 5.69 Å². The van der Waals surface area contributed by atoms with E-state index in [1.807, 2.05) is 47.8 Å². The van der Waals surface area contributed by atoms with Crippen LogP contribution in [0.1, 0.15) is 34.0 Å². The molecule has 1 heterocycles. The number of carbonyl (C=O) groups excluding carboxylic acids is 1. The first kappa shape index (κ1) is 20.0. The Hall–Kier alpha value is -3.24. The summed E-state index contributed by atoms with van der Waals surface area (Å²) in [6.45, 7) is 2.14. The van der Waals surface area contributed by atoms with Crippen molar-refractivity contribution >= 4 is 22.4 Å². The van der Waals surface area contributed by atoms with Gasteiger partial charge in [-0.05, 0) is 42.0 Å². The Balaban J connectivity index is 1.46. The molecule has 4 aromatic rings. The zero-order valence-electron chi connectivity index (χ0n) is 17.0. The summed E-state index contributed by atoms with van der Waals surface area (Å²) in [5.74, 6) is -0.110. The van der Waals surface area contributed by atoms with Crippen molar-refractivity contribution in [2.75, 3.05) is 5.32 Å². The Bertz CT molecular complexity index is 1120. The maximum atomic E-state index is 12.9. The van der Waals surface area contributed by atoms with Gasteiger partial charge in [0.15, 0.2) is 5.13 Å². The topological polar surface area (TPSA) is 42.0 Å². The van der Waals surface area contributed by atoms with Crippen molar-refractivity contribution in [3.05, 3.63) is 106 Å². The second kappa shape index (κ2) is 9.51. The van der Waals surface area contributed by atoms with Crippen LogP contribution in [0.5, 0.6) is 0 Å². The Kier molecular flexibility index (Phi) is 6.35. The highest BCUT2D eigenvalue weighted by atomic mass is 32.1. The average molecular weight is 413 g/mol. The molecule has 0 bridgehead atoms. The van der Waals surface area contributed by atoms with Gasteiger partial charge in [-0.1, -0.05) is 79.7 Å². The Morgan fingerprint density at radius 1 is 0.867 bits per heavy atom. The molecule has 1 aromatic heterocycles. The van der Waals surface area contributed by atoms with Gasteiger partial charge in [0, 0.05) is 16.5 Å². The van der Waals surface area contributed by atoms with Crippen LogP contribution in [0.4, 0.5) is 5.13 Å². The highest BCUT2D eigenvalue weighted by molar-refractivity contribution is 7.14. The largest absolute Gasteiger partial charge is 0.298 e. The molecule has 0 atom stereocenters. The second-order valence-electron chi connectivity index (χ2n) is 7.19. The number of nitrogens with one attached hydrogen (secondary N) is 1. The summed E-state index contributed by atoms with van der Waals surface area (Å²) in [5, 5.41) is 5.58. The average Bonchev–Trinajstić information content (AvgIpc) is 3.27. The van der Waals surface area contributed by atoms with Crippen molar-refractivity contribution in [1.82, 2.24) is 4.98 Å². The highest BCUT2D eigenvalue weighted by Gasteiger charge is 2.13. The monoisotopic (exact) mass is 412 g/mol. The van der Waals surface area contributed by atoms with Crippen molar-refractivity contribution in [2.24, 2.45) is 0 Å². The maximum absolute atomic E-state index is 12.9. The lowest BCUT2D eigenvalue weighted by Crippen LogP contribution is -2.14. The number of rotatable bonds is 7. The first-order valence-corrected chi connectivity index (χ1v) is 11.1. The van der Waals surface area contributed by atoms with Gasteiger partial charge < -0.3 is 0 Å². The van der Waals surface area contributed by atoms with Gasteiger partial charge in [0.2, 0.25) is 0 Å². The molecule has 4 rings (SSSR count). The standard InChI is InChI=1S/C26H24N2OS/c1-2-19-12-16-22(17-13-19)24-18-30-26(27-24)28-25(29)23-11-7-6-10-21(23)15-14-20-8-4-3-5-9-20/h3-13,16-18H,2,14-15H2,1H3,(H,27,28,29).